The van der Waals surface area contributed by atoms with Crippen molar-refractivity contribution in [1.29, 1.82) is 0 Å². The van der Waals surface area contributed by atoms with Crippen LogP contribution in [0, 0.1) is 0 Å². The van der Waals surface area contributed by atoms with Crippen molar-refractivity contribution in [3.63, 3.8) is 0 Å². The molecule has 1 fully saturated rings. The van der Waals surface area contributed by atoms with Gasteiger partial charge in [-0.05, 0) is 43.0 Å². The van der Waals surface area contributed by atoms with Crippen molar-refractivity contribution in [2.24, 2.45) is 0 Å². The Balaban J connectivity index is 1.58. The number of benzene rings is 1. The zero-order valence-electron chi connectivity index (χ0n) is 17.1. The van der Waals surface area contributed by atoms with Gasteiger partial charge in [0, 0.05) is 30.8 Å². The molecule has 1 saturated heterocycles. The van der Waals surface area contributed by atoms with Gasteiger partial charge in [0.25, 0.3) is 5.91 Å². The lowest BCUT2D eigenvalue weighted by molar-refractivity contribution is -0.150. The highest BCUT2D eigenvalue weighted by atomic mass is 16.4. The minimum Gasteiger partial charge on any atom is -0.480 e. The Hall–Kier alpha value is -3.55. The lowest BCUT2D eigenvalue weighted by Crippen LogP contribution is -2.53. The number of nitrogens with zero attached hydrogens (tertiary/aromatic N) is 2. The summed E-state index contributed by atoms with van der Waals surface area (Å²) in [6, 6.07) is 10.9. The Morgan fingerprint density at radius 1 is 1.06 bits per heavy atom. The van der Waals surface area contributed by atoms with Crippen LogP contribution in [0.2, 0.25) is 0 Å². The molecular weight excluding hydrogens is 398 g/mol. The Kier molecular flexibility index (Phi) is 7.48. The number of aromatic nitrogens is 1. The second-order valence-electron chi connectivity index (χ2n) is 7.49. The van der Waals surface area contributed by atoms with Gasteiger partial charge in [-0.25, -0.2) is 4.79 Å². The molecule has 0 radical (unpaired) electrons. The first-order chi connectivity index (χ1) is 15.0. The van der Waals surface area contributed by atoms with E-state index in [1.54, 1.807) is 42.7 Å². The second kappa shape index (κ2) is 10.5. The summed E-state index contributed by atoms with van der Waals surface area (Å²) in [4.78, 5) is 54.4. The molecule has 2 heterocycles. The van der Waals surface area contributed by atoms with Crippen LogP contribution >= 0.6 is 0 Å². The lowest BCUT2D eigenvalue weighted by Gasteiger charge is -2.27. The van der Waals surface area contributed by atoms with Crippen LogP contribution in [0.4, 0.5) is 0 Å². The summed E-state index contributed by atoms with van der Waals surface area (Å²) in [5, 5.41) is 12.0. The molecule has 8 nitrogen and oxygen atoms in total. The minimum absolute atomic E-state index is 0.113. The van der Waals surface area contributed by atoms with Crippen molar-refractivity contribution in [3.8, 4) is 0 Å². The Bertz CT molecular complexity index is 933. The number of nitrogens with one attached hydrogen (secondary N) is 1. The smallest absolute Gasteiger partial charge is 0.326 e. The van der Waals surface area contributed by atoms with Crippen LogP contribution in [0.1, 0.15) is 48.0 Å². The monoisotopic (exact) mass is 423 g/mol. The van der Waals surface area contributed by atoms with Crippen LogP contribution in [0.25, 0.3) is 0 Å². The number of carbonyl (C=O) groups is 4. The molecule has 0 saturated carbocycles. The van der Waals surface area contributed by atoms with E-state index in [0.717, 1.165) is 29.7 Å². The van der Waals surface area contributed by atoms with Crippen LogP contribution in [-0.2, 0) is 20.8 Å². The highest BCUT2D eigenvalue weighted by Crippen LogP contribution is 2.23. The zero-order chi connectivity index (χ0) is 22.2. The molecule has 0 bridgehead atoms. The predicted molar refractivity (Wildman–Crippen MR) is 112 cm³/mol. The fourth-order valence-electron chi connectivity index (χ4n) is 3.66. The number of carbonyl (C=O) groups excluding carboxylic acids is 3. The third-order valence-corrected chi connectivity index (χ3v) is 5.27. The predicted octanol–water partition coefficient (Wildman–Crippen LogP) is 2.20. The van der Waals surface area contributed by atoms with Crippen LogP contribution in [0.15, 0.2) is 54.9 Å². The van der Waals surface area contributed by atoms with Crippen molar-refractivity contribution in [1.82, 2.24) is 15.2 Å². The normalized spacial score (nSPS) is 18.1. The summed E-state index contributed by atoms with van der Waals surface area (Å²) in [5.41, 5.74) is 1.45. The number of amides is 2. The van der Waals surface area contributed by atoms with E-state index in [1.165, 1.54) is 0 Å². The quantitative estimate of drug-likeness (QED) is 0.597. The molecule has 1 aliphatic rings. The van der Waals surface area contributed by atoms with Crippen LogP contribution in [-0.4, -0.2) is 50.8 Å². The number of pyridine rings is 1. The molecule has 2 N–H and O–H groups in total. The maximum absolute atomic E-state index is 12.8. The highest BCUT2D eigenvalue weighted by molar-refractivity contribution is 6.03. The van der Waals surface area contributed by atoms with Gasteiger partial charge in [-0.2, -0.15) is 0 Å². The third kappa shape index (κ3) is 5.75. The molecule has 31 heavy (non-hydrogen) atoms. The van der Waals surface area contributed by atoms with Crippen LogP contribution < -0.4 is 5.32 Å². The number of aryl methyl sites for hydroxylation is 1. The summed E-state index contributed by atoms with van der Waals surface area (Å²) in [6.45, 7) is 0. The number of likely N-dealkylation sites (tertiary alicyclic amines) is 1. The molecule has 1 aromatic carbocycles. The Labute approximate surface area is 180 Å². The first kappa shape index (κ1) is 22.1. The van der Waals surface area contributed by atoms with Crippen LogP contribution in [0.5, 0.6) is 0 Å². The summed E-state index contributed by atoms with van der Waals surface area (Å²) >= 11 is 0. The lowest BCUT2D eigenvalue weighted by atomic mass is 10.1. The Morgan fingerprint density at radius 3 is 2.52 bits per heavy atom. The first-order valence-corrected chi connectivity index (χ1v) is 10.3. The van der Waals surface area contributed by atoms with E-state index in [9.17, 15) is 24.3 Å². The average molecular weight is 423 g/mol. The number of Topliss-reactive ketones (excluding diaryl/α,β-unsaturated/α-hetero) is 1. The molecule has 2 amide bonds. The maximum Gasteiger partial charge on any atom is 0.326 e. The standard InChI is InChI=1S/C23H25N3O5/c27-19-14-18(23(30)31)26(21(19)25-22(29)17-10-4-2-5-11-17)20(28)12-6-1-3-8-16-9-7-13-24-15-16/h2,4-5,7,9-11,13,15,18,21H,1,3,6,8,12,14H2,(H,25,29)(H,30,31)/t18-,21?/m0/s1. The van der Waals surface area contributed by atoms with Gasteiger partial charge in [-0.15, -0.1) is 0 Å². The van der Waals surface area contributed by atoms with Crippen molar-refractivity contribution in [3.05, 3.63) is 66.0 Å². The second-order valence-corrected chi connectivity index (χ2v) is 7.49. The molecule has 1 unspecified atom stereocenters. The van der Waals surface area contributed by atoms with Gasteiger partial charge in [-0.1, -0.05) is 30.7 Å². The number of carboxylic acids is 1. The largest absolute Gasteiger partial charge is 0.480 e. The number of hydrogen-bond donors (Lipinski definition) is 2. The van der Waals surface area contributed by atoms with Crippen molar-refractivity contribution in [2.45, 2.75) is 50.7 Å². The molecule has 8 heteroatoms. The van der Waals surface area contributed by atoms with Crippen molar-refractivity contribution in [2.75, 3.05) is 0 Å². The van der Waals surface area contributed by atoms with Crippen molar-refractivity contribution >= 4 is 23.6 Å². The molecule has 2 aromatic rings. The molecular formula is C23H25N3O5. The molecule has 3 rings (SSSR count). The van der Waals surface area contributed by atoms with Gasteiger partial charge in [0.15, 0.2) is 11.9 Å². The van der Waals surface area contributed by atoms with Gasteiger partial charge in [0.2, 0.25) is 5.91 Å². The number of hydrogen-bond acceptors (Lipinski definition) is 5. The zero-order valence-corrected chi connectivity index (χ0v) is 17.1. The third-order valence-electron chi connectivity index (χ3n) is 5.27. The summed E-state index contributed by atoms with van der Waals surface area (Å²) in [7, 11) is 0. The SMILES string of the molecule is O=C(NC1C(=O)C[C@@H](C(=O)O)N1C(=O)CCCCCc1cccnc1)c1ccccc1. The summed E-state index contributed by atoms with van der Waals surface area (Å²) in [6.07, 6.45) is 5.10. The van der Waals surface area contributed by atoms with E-state index in [-0.39, 0.29) is 12.8 Å². The van der Waals surface area contributed by atoms with Gasteiger partial charge in [-0.3, -0.25) is 19.4 Å². The average Bonchev–Trinajstić information content (AvgIpc) is 3.11. The van der Waals surface area contributed by atoms with E-state index in [2.05, 4.69) is 10.3 Å². The van der Waals surface area contributed by atoms with E-state index >= 15 is 0 Å². The van der Waals surface area contributed by atoms with Crippen molar-refractivity contribution < 1.29 is 24.3 Å². The van der Waals surface area contributed by atoms with Gasteiger partial charge in [0.05, 0.1) is 0 Å². The van der Waals surface area contributed by atoms with E-state index in [1.807, 2.05) is 12.1 Å². The summed E-state index contributed by atoms with van der Waals surface area (Å²) in [5.74, 6) is -2.71. The fourth-order valence-corrected chi connectivity index (χ4v) is 3.66. The summed E-state index contributed by atoms with van der Waals surface area (Å²) < 4.78 is 0. The van der Waals surface area contributed by atoms with Crippen LogP contribution in [0.3, 0.4) is 0 Å². The first-order valence-electron chi connectivity index (χ1n) is 10.3. The number of carboxylic acid groups (broad SMARTS) is 1. The molecule has 2 atom stereocenters. The molecule has 162 valence electrons. The van der Waals surface area contributed by atoms with Gasteiger partial charge < -0.3 is 15.3 Å². The van der Waals surface area contributed by atoms with E-state index in [4.69, 9.17) is 0 Å². The number of rotatable bonds is 9. The maximum atomic E-state index is 12.8. The van der Waals surface area contributed by atoms with Gasteiger partial charge >= 0.3 is 5.97 Å². The minimum atomic E-state index is -1.27. The van der Waals surface area contributed by atoms with E-state index < -0.39 is 35.8 Å². The molecule has 0 aliphatic carbocycles. The molecule has 1 aromatic heterocycles. The number of ketones is 1. The topological polar surface area (TPSA) is 117 Å². The molecule has 1 aliphatic heterocycles. The fraction of sp³-hybridized carbons (Fsp3) is 0.348. The molecule has 0 spiro atoms. The number of unbranched alkanes of at least 4 members (excludes halogenated alkanes) is 2. The highest BCUT2D eigenvalue weighted by Gasteiger charge is 2.47. The number of aliphatic carboxylic acids is 1. The van der Waals surface area contributed by atoms with E-state index in [0.29, 0.717) is 12.0 Å². The van der Waals surface area contributed by atoms with Gasteiger partial charge in [0.1, 0.15) is 6.04 Å². The Morgan fingerprint density at radius 2 is 1.84 bits per heavy atom.